The van der Waals surface area contributed by atoms with Crippen molar-refractivity contribution < 1.29 is 28.7 Å². The number of thioether (sulfide) groups is 1. The summed E-state index contributed by atoms with van der Waals surface area (Å²) in [6.07, 6.45) is 0. The van der Waals surface area contributed by atoms with Crippen molar-refractivity contribution in [3.63, 3.8) is 0 Å². The number of aryl methyl sites for hydroxylation is 1. The number of amides is 3. The Hall–Kier alpha value is -4.20. The molecule has 1 fully saturated rings. The molecule has 3 heterocycles. The second-order valence-electron chi connectivity index (χ2n) is 10.4. The number of rotatable bonds is 8. The van der Waals surface area contributed by atoms with E-state index in [-0.39, 0.29) is 24.0 Å². The third kappa shape index (κ3) is 5.95. The fourth-order valence-corrected chi connectivity index (χ4v) is 8.39. The number of nitrogens with zero attached hydrogens (tertiary/aromatic N) is 1. The van der Waals surface area contributed by atoms with Gasteiger partial charge in [-0.2, -0.15) is 0 Å². The van der Waals surface area contributed by atoms with Gasteiger partial charge in [-0.25, -0.2) is 9.69 Å². The van der Waals surface area contributed by atoms with E-state index in [1.165, 1.54) is 24.3 Å². The molecule has 2 aliphatic heterocycles. The zero-order valence-electron chi connectivity index (χ0n) is 24.0. The summed E-state index contributed by atoms with van der Waals surface area (Å²) < 4.78 is 11.8. The highest BCUT2D eigenvalue weighted by atomic mass is 79.9. The maximum absolute atomic E-state index is 14.2. The van der Waals surface area contributed by atoms with Crippen LogP contribution in [0.3, 0.4) is 0 Å². The number of carbonyl (C=O) groups excluding carboxylic acids is 4. The first kappa shape index (κ1) is 30.8. The number of imide groups is 1. The molecule has 6 rings (SSSR count). The molecule has 1 aromatic heterocycles. The second kappa shape index (κ2) is 12.7. The predicted octanol–water partition coefficient (Wildman–Crippen LogP) is 5.50. The van der Waals surface area contributed by atoms with Crippen LogP contribution >= 0.6 is 39.0 Å². The highest BCUT2D eigenvalue weighted by Crippen LogP contribution is 2.54. The number of hydrogen-bond donors (Lipinski definition) is 2. The molecule has 3 atom stereocenters. The molecule has 10 nitrogen and oxygen atoms in total. The van der Waals surface area contributed by atoms with E-state index in [2.05, 4.69) is 26.2 Å². The number of anilines is 2. The normalized spacial score (nSPS) is 18.7. The summed E-state index contributed by atoms with van der Waals surface area (Å²) >= 11 is 5.65. The number of thiazole rings is 1. The van der Waals surface area contributed by atoms with Gasteiger partial charge >= 0.3 is 10.8 Å². The maximum atomic E-state index is 14.2. The monoisotopic (exact) mass is 707 g/mol. The van der Waals surface area contributed by atoms with E-state index in [0.29, 0.717) is 42.6 Å². The van der Waals surface area contributed by atoms with Gasteiger partial charge in [-0.15, -0.1) is 0 Å². The number of ether oxygens (including phenoxy) is 2. The highest BCUT2D eigenvalue weighted by molar-refractivity contribution is 9.10. The first-order valence-corrected chi connectivity index (χ1v) is 16.5. The minimum atomic E-state index is -0.872. The lowest BCUT2D eigenvalue weighted by atomic mass is 9.82. The third-order valence-corrected chi connectivity index (χ3v) is 10.4. The summed E-state index contributed by atoms with van der Waals surface area (Å²) in [7, 11) is 0. The number of halogens is 1. The van der Waals surface area contributed by atoms with Crippen molar-refractivity contribution >= 4 is 74.1 Å². The highest BCUT2D eigenvalue weighted by Gasteiger charge is 2.57. The Morgan fingerprint density at radius 1 is 1.02 bits per heavy atom. The Morgan fingerprint density at radius 3 is 2.51 bits per heavy atom. The van der Waals surface area contributed by atoms with Crippen LogP contribution in [0.1, 0.15) is 39.2 Å². The van der Waals surface area contributed by atoms with Crippen LogP contribution < -0.4 is 19.8 Å². The number of aromatic amines is 1. The van der Waals surface area contributed by atoms with Crippen LogP contribution in [0.5, 0.6) is 5.75 Å². The number of carbonyl (C=O) groups is 4. The number of fused-ring (bicyclic) bond motifs is 2. The molecule has 3 amide bonds. The molecular weight excluding hydrogens is 682 g/mol. The SMILES string of the molecule is CCOC(=O)c1ccc(N2C(=O)C3Sc4[nH]c(=O)sc4C(c4cc(Br)ccc4OCC(=O)Nc4ccccc4C)C3C2=O)cc1. The average Bonchev–Trinajstić information content (AvgIpc) is 3.51. The largest absolute Gasteiger partial charge is 0.483 e. The van der Waals surface area contributed by atoms with E-state index in [1.807, 2.05) is 25.1 Å². The molecule has 1 saturated heterocycles. The summed E-state index contributed by atoms with van der Waals surface area (Å²) in [5.41, 5.74) is 2.75. The van der Waals surface area contributed by atoms with Gasteiger partial charge < -0.3 is 19.8 Å². The Labute approximate surface area is 274 Å². The minimum absolute atomic E-state index is 0.219. The Bertz CT molecular complexity index is 1890. The molecule has 4 aromatic rings. The van der Waals surface area contributed by atoms with Crippen molar-refractivity contribution in [2.75, 3.05) is 23.4 Å². The van der Waals surface area contributed by atoms with E-state index in [9.17, 15) is 24.0 Å². The molecule has 45 heavy (non-hydrogen) atoms. The molecular formula is C32H26BrN3O7S2. The maximum Gasteiger partial charge on any atom is 0.338 e. The molecule has 0 spiro atoms. The predicted molar refractivity (Wildman–Crippen MR) is 174 cm³/mol. The van der Waals surface area contributed by atoms with E-state index >= 15 is 0 Å². The Balaban J connectivity index is 1.34. The molecule has 0 bridgehead atoms. The van der Waals surface area contributed by atoms with Gasteiger partial charge in [0.1, 0.15) is 11.0 Å². The second-order valence-corrected chi connectivity index (χ2v) is 13.4. The first-order valence-electron chi connectivity index (χ1n) is 14.0. The van der Waals surface area contributed by atoms with Gasteiger partial charge in [-0.1, -0.05) is 57.2 Å². The van der Waals surface area contributed by atoms with E-state index in [4.69, 9.17) is 9.47 Å². The van der Waals surface area contributed by atoms with Crippen LogP contribution in [0.25, 0.3) is 0 Å². The van der Waals surface area contributed by atoms with E-state index in [1.54, 1.807) is 31.2 Å². The van der Waals surface area contributed by atoms with Gasteiger partial charge in [0, 0.05) is 26.5 Å². The van der Waals surface area contributed by atoms with Crippen molar-refractivity contribution in [3.05, 3.63) is 102 Å². The average molecular weight is 709 g/mol. The van der Waals surface area contributed by atoms with E-state index in [0.717, 1.165) is 33.6 Å². The lowest BCUT2D eigenvalue weighted by Crippen LogP contribution is -2.32. The van der Waals surface area contributed by atoms with Crippen LogP contribution in [0.2, 0.25) is 0 Å². The molecule has 0 saturated carbocycles. The minimum Gasteiger partial charge on any atom is -0.483 e. The third-order valence-electron chi connectivity index (χ3n) is 7.55. The van der Waals surface area contributed by atoms with Crippen molar-refractivity contribution in [1.29, 1.82) is 0 Å². The van der Waals surface area contributed by atoms with Crippen LogP contribution in [-0.2, 0) is 19.1 Å². The topological polar surface area (TPSA) is 135 Å². The zero-order valence-corrected chi connectivity index (χ0v) is 27.2. The van der Waals surface area contributed by atoms with Crippen molar-refractivity contribution in [2.45, 2.75) is 30.0 Å². The summed E-state index contributed by atoms with van der Waals surface area (Å²) in [6.45, 7) is 3.51. The number of para-hydroxylation sites is 1. The van der Waals surface area contributed by atoms with Crippen molar-refractivity contribution in [3.8, 4) is 5.75 Å². The molecule has 2 N–H and O–H groups in total. The van der Waals surface area contributed by atoms with Crippen LogP contribution in [-0.4, -0.2) is 47.1 Å². The number of aromatic nitrogens is 1. The summed E-state index contributed by atoms with van der Waals surface area (Å²) in [5.74, 6) is -3.00. The zero-order chi connectivity index (χ0) is 31.8. The number of H-pyrrole nitrogens is 1. The standard InChI is InChI=1S/C32H26BrN3O7S2/c1-3-42-31(40)17-8-11-19(12-9-17)36-29(38)25-24(26-28(35-32(41)45-26)44-27(25)30(36)39)20-14-18(33)10-13-22(20)43-15-23(37)34-21-7-5-4-6-16(21)2/h4-14,24-25,27H,3,15H2,1-2H3,(H,34,37)(H,35,41). The number of esters is 1. The van der Waals surface area contributed by atoms with Gasteiger partial charge in [-0.05, 0) is 67.9 Å². The van der Waals surface area contributed by atoms with Gasteiger partial charge in [0.25, 0.3) is 5.91 Å². The first-order chi connectivity index (χ1) is 21.7. The Kier molecular flexibility index (Phi) is 8.67. The van der Waals surface area contributed by atoms with Gasteiger partial charge in [0.05, 0.1) is 28.8 Å². The quantitative estimate of drug-likeness (QED) is 0.181. The van der Waals surface area contributed by atoms with Crippen LogP contribution in [0.15, 0.2) is 81.0 Å². The smallest absolute Gasteiger partial charge is 0.338 e. The number of nitrogens with one attached hydrogen (secondary N) is 2. The summed E-state index contributed by atoms with van der Waals surface area (Å²) in [5, 5.41) is 2.53. The fourth-order valence-electron chi connectivity index (χ4n) is 5.50. The molecule has 0 aliphatic carbocycles. The molecule has 13 heteroatoms. The molecule has 230 valence electrons. The summed E-state index contributed by atoms with van der Waals surface area (Å²) in [4.78, 5) is 69.8. The van der Waals surface area contributed by atoms with Crippen molar-refractivity contribution in [2.24, 2.45) is 5.92 Å². The lowest BCUT2D eigenvalue weighted by molar-refractivity contribution is -0.122. The Morgan fingerprint density at radius 2 is 1.78 bits per heavy atom. The molecule has 0 radical (unpaired) electrons. The van der Waals surface area contributed by atoms with E-state index < -0.39 is 34.9 Å². The fraction of sp³-hybridized carbons (Fsp3) is 0.219. The molecule has 3 unspecified atom stereocenters. The van der Waals surface area contributed by atoms with Crippen LogP contribution in [0, 0.1) is 12.8 Å². The van der Waals surface area contributed by atoms with Crippen molar-refractivity contribution in [1.82, 2.24) is 4.98 Å². The number of hydrogen-bond acceptors (Lipinski definition) is 9. The van der Waals surface area contributed by atoms with Crippen LogP contribution in [0.4, 0.5) is 11.4 Å². The van der Waals surface area contributed by atoms with Gasteiger partial charge in [0.15, 0.2) is 6.61 Å². The number of benzene rings is 3. The lowest BCUT2D eigenvalue weighted by Gasteiger charge is -2.31. The molecule has 2 aliphatic rings. The van der Waals surface area contributed by atoms with Gasteiger partial charge in [0.2, 0.25) is 11.8 Å². The van der Waals surface area contributed by atoms with Gasteiger partial charge in [-0.3, -0.25) is 19.2 Å². The summed E-state index contributed by atoms with van der Waals surface area (Å²) in [6, 6.07) is 18.7. The molecule has 3 aromatic carbocycles.